The molecule has 4 fully saturated rings. The summed E-state index contributed by atoms with van der Waals surface area (Å²) in [6, 6.07) is 0. The number of primary amides is 1. The van der Waals surface area contributed by atoms with Gasteiger partial charge < -0.3 is 15.9 Å². The fourth-order valence-electron chi connectivity index (χ4n) is 5.68. The van der Waals surface area contributed by atoms with Gasteiger partial charge in [0.15, 0.2) is 0 Å². The van der Waals surface area contributed by atoms with Gasteiger partial charge in [-0.1, -0.05) is 0 Å². The summed E-state index contributed by atoms with van der Waals surface area (Å²) in [6.07, 6.45) is 5.12. The summed E-state index contributed by atoms with van der Waals surface area (Å²) in [5.74, 6) is -0.309. The van der Waals surface area contributed by atoms with Crippen LogP contribution < -0.4 is 5.73 Å². The van der Waals surface area contributed by atoms with E-state index in [9.17, 15) is 14.7 Å². The van der Waals surface area contributed by atoms with Gasteiger partial charge in [-0.3, -0.25) is 9.59 Å². The number of aliphatic hydroxyl groups is 1. The Labute approximate surface area is 118 Å². The van der Waals surface area contributed by atoms with Gasteiger partial charge in [-0.25, -0.2) is 0 Å². The zero-order valence-corrected chi connectivity index (χ0v) is 11.6. The van der Waals surface area contributed by atoms with E-state index in [1.807, 2.05) is 0 Å². The number of hydrogen-bond donors (Lipinski definition) is 3. The molecule has 0 spiro atoms. The Kier molecular flexibility index (Phi) is 3.27. The van der Waals surface area contributed by atoms with Crippen molar-refractivity contribution < 1.29 is 19.8 Å². The standard InChI is InChI=1S/C15H23NO4/c16-14(20)13(19)11(4-12(17)18)15-5-8-1-9(6-15)3-10(2-8)7-15/h8-11,13,19H,1-7H2,(H2,16,20)(H,17,18). The molecule has 0 heterocycles. The van der Waals surface area contributed by atoms with E-state index in [4.69, 9.17) is 10.8 Å². The topological polar surface area (TPSA) is 101 Å². The van der Waals surface area contributed by atoms with Crippen molar-refractivity contribution in [2.45, 2.75) is 51.0 Å². The number of hydrogen-bond acceptors (Lipinski definition) is 3. The zero-order chi connectivity index (χ0) is 14.5. The minimum Gasteiger partial charge on any atom is -0.481 e. The molecule has 112 valence electrons. The highest BCUT2D eigenvalue weighted by molar-refractivity contribution is 5.80. The van der Waals surface area contributed by atoms with E-state index in [1.165, 1.54) is 19.3 Å². The number of rotatable bonds is 5. The highest BCUT2D eigenvalue weighted by Crippen LogP contribution is 2.63. The number of aliphatic hydroxyl groups excluding tert-OH is 1. The van der Waals surface area contributed by atoms with Crippen LogP contribution in [0.25, 0.3) is 0 Å². The predicted octanol–water partition coefficient (Wildman–Crippen LogP) is 1.14. The third-order valence-corrected chi connectivity index (χ3v) is 5.94. The van der Waals surface area contributed by atoms with Crippen LogP contribution in [0.3, 0.4) is 0 Å². The average Bonchev–Trinajstić information content (AvgIpc) is 2.33. The molecule has 4 aliphatic rings. The molecule has 20 heavy (non-hydrogen) atoms. The van der Waals surface area contributed by atoms with Crippen molar-refractivity contribution in [1.82, 2.24) is 0 Å². The minimum atomic E-state index is -1.33. The second kappa shape index (κ2) is 4.72. The molecule has 0 radical (unpaired) electrons. The van der Waals surface area contributed by atoms with Gasteiger partial charge in [-0.15, -0.1) is 0 Å². The van der Waals surface area contributed by atoms with Gasteiger partial charge in [0.25, 0.3) is 0 Å². The van der Waals surface area contributed by atoms with E-state index < -0.39 is 23.9 Å². The van der Waals surface area contributed by atoms with Crippen LogP contribution in [0.1, 0.15) is 44.9 Å². The molecular formula is C15H23NO4. The third-order valence-electron chi connectivity index (χ3n) is 5.94. The molecule has 0 aromatic heterocycles. The molecule has 0 aromatic rings. The van der Waals surface area contributed by atoms with Crippen LogP contribution in [0.4, 0.5) is 0 Å². The van der Waals surface area contributed by atoms with E-state index in [0.29, 0.717) is 17.8 Å². The summed E-state index contributed by atoms with van der Waals surface area (Å²) in [4.78, 5) is 22.6. The Morgan fingerprint density at radius 3 is 1.90 bits per heavy atom. The van der Waals surface area contributed by atoms with Gasteiger partial charge in [-0.2, -0.15) is 0 Å². The minimum absolute atomic E-state index is 0.156. The van der Waals surface area contributed by atoms with E-state index in [2.05, 4.69) is 0 Å². The largest absolute Gasteiger partial charge is 0.481 e. The molecule has 4 saturated carbocycles. The summed E-state index contributed by atoms with van der Waals surface area (Å²) in [5.41, 5.74) is 5.07. The maximum atomic E-state index is 11.4. The Balaban J connectivity index is 1.89. The molecule has 2 unspecified atom stereocenters. The fraction of sp³-hybridized carbons (Fsp3) is 0.867. The number of carbonyl (C=O) groups excluding carboxylic acids is 1. The quantitative estimate of drug-likeness (QED) is 0.703. The molecule has 5 nitrogen and oxygen atoms in total. The molecule has 4 aliphatic carbocycles. The van der Waals surface area contributed by atoms with E-state index in [0.717, 1.165) is 19.3 Å². The first-order valence-corrected chi connectivity index (χ1v) is 7.59. The number of carboxylic acid groups (broad SMARTS) is 1. The van der Waals surface area contributed by atoms with Gasteiger partial charge in [0.2, 0.25) is 5.91 Å². The number of amides is 1. The van der Waals surface area contributed by atoms with Crippen molar-refractivity contribution in [3.8, 4) is 0 Å². The molecular weight excluding hydrogens is 258 g/mol. The van der Waals surface area contributed by atoms with Gasteiger partial charge in [0, 0.05) is 5.92 Å². The highest BCUT2D eigenvalue weighted by Gasteiger charge is 2.56. The van der Waals surface area contributed by atoms with Crippen molar-refractivity contribution >= 4 is 11.9 Å². The third kappa shape index (κ3) is 2.22. The first kappa shape index (κ1) is 13.9. The smallest absolute Gasteiger partial charge is 0.303 e. The summed E-state index contributed by atoms with van der Waals surface area (Å²) in [5, 5.41) is 19.3. The van der Waals surface area contributed by atoms with Crippen LogP contribution in [0.5, 0.6) is 0 Å². The molecule has 0 saturated heterocycles. The zero-order valence-electron chi connectivity index (χ0n) is 11.6. The SMILES string of the molecule is NC(=O)C(O)C(CC(=O)O)C12CC3CC(CC(C3)C1)C2. The average molecular weight is 281 g/mol. The van der Waals surface area contributed by atoms with Crippen molar-refractivity contribution in [3.63, 3.8) is 0 Å². The van der Waals surface area contributed by atoms with E-state index >= 15 is 0 Å². The Bertz CT molecular complexity index is 398. The maximum Gasteiger partial charge on any atom is 0.303 e. The lowest BCUT2D eigenvalue weighted by atomic mass is 9.45. The van der Waals surface area contributed by atoms with Gasteiger partial charge >= 0.3 is 5.97 Å². The molecule has 1 amide bonds. The summed E-state index contributed by atoms with van der Waals surface area (Å²) in [7, 11) is 0. The first-order valence-electron chi connectivity index (χ1n) is 7.59. The van der Waals surface area contributed by atoms with Crippen molar-refractivity contribution in [2.24, 2.45) is 34.8 Å². The number of carboxylic acids is 1. The Hall–Kier alpha value is -1.10. The molecule has 0 aromatic carbocycles. The number of carbonyl (C=O) groups is 2. The number of aliphatic carboxylic acids is 1. The molecule has 4 rings (SSSR count). The summed E-state index contributed by atoms with van der Waals surface area (Å²) < 4.78 is 0. The molecule has 4 bridgehead atoms. The fourth-order valence-corrected chi connectivity index (χ4v) is 5.68. The maximum absolute atomic E-state index is 11.4. The summed E-state index contributed by atoms with van der Waals surface area (Å²) >= 11 is 0. The number of nitrogens with two attached hydrogens (primary N) is 1. The Morgan fingerprint density at radius 2 is 1.55 bits per heavy atom. The van der Waals surface area contributed by atoms with E-state index in [-0.39, 0.29) is 11.8 Å². The normalized spacial score (nSPS) is 41.4. The Morgan fingerprint density at radius 1 is 1.10 bits per heavy atom. The summed E-state index contributed by atoms with van der Waals surface area (Å²) in [6.45, 7) is 0. The van der Waals surface area contributed by atoms with Crippen molar-refractivity contribution in [1.29, 1.82) is 0 Å². The van der Waals surface area contributed by atoms with Crippen LogP contribution in [-0.4, -0.2) is 28.2 Å². The van der Waals surface area contributed by atoms with E-state index in [1.54, 1.807) is 0 Å². The first-order chi connectivity index (χ1) is 9.39. The predicted molar refractivity (Wildman–Crippen MR) is 71.5 cm³/mol. The van der Waals surface area contributed by atoms with Crippen LogP contribution in [0.2, 0.25) is 0 Å². The monoisotopic (exact) mass is 281 g/mol. The van der Waals surface area contributed by atoms with Gasteiger partial charge in [0.1, 0.15) is 6.10 Å². The lowest BCUT2D eigenvalue weighted by molar-refractivity contribution is -0.156. The lowest BCUT2D eigenvalue weighted by Gasteiger charge is -2.59. The van der Waals surface area contributed by atoms with Crippen molar-refractivity contribution in [2.75, 3.05) is 0 Å². The van der Waals surface area contributed by atoms with Crippen LogP contribution in [-0.2, 0) is 9.59 Å². The lowest BCUT2D eigenvalue weighted by Crippen LogP contribution is -2.54. The molecule has 4 N–H and O–H groups in total. The van der Waals surface area contributed by atoms with Gasteiger partial charge in [0.05, 0.1) is 6.42 Å². The van der Waals surface area contributed by atoms with Crippen LogP contribution >= 0.6 is 0 Å². The van der Waals surface area contributed by atoms with Crippen molar-refractivity contribution in [3.05, 3.63) is 0 Å². The highest BCUT2D eigenvalue weighted by atomic mass is 16.4. The van der Waals surface area contributed by atoms with Gasteiger partial charge in [-0.05, 0) is 61.7 Å². The molecule has 5 heteroatoms. The molecule has 0 aliphatic heterocycles. The van der Waals surface area contributed by atoms with Crippen LogP contribution in [0.15, 0.2) is 0 Å². The van der Waals surface area contributed by atoms with Crippen LogP contribution in [0, 0.1) is 29.1 Å². The second-order valence-electron chi connectivity index (χ2n) is 7.33. The molecule has 2 atom stereocenters. The second-order valence-corrected chi connectivity index (χ2v) is 7.33.